The van der Waals surface area contributed by atoms with Crippen molar-refractivity contribution in [2.24, 2.45) is 0 Å². The molecule has 1 aliphatic carbocycles. The van der Waals surface area contributed by atoms with Gasteiger partial charge in [-0.1, -0.05) is 0 Å². The summed E-state index contributed by atoms with van der Waals surface area (Å²) < 4.78 is 10.5. The molecular formula is C13H17NO3. The van der Waals surface area contributed by atoms with Crippen LogP contribution in [0.4, 0.5) is 0 Å². The van der Waals surface area contributed by atoms with Crippen LogP contribution in [0.3, 0.4) is 0 Å². The molecule has 0 saturated heterocycles. The van der Waals surface area contributed by atoms with E-state index < -0.39 is 0 Å². The normalized spacial score (nSPS) is 21.8. The van der Waals surface area contributed by atoms with Crippen molar-refractivity contribution in [1.29, 1.82) is 0 Å². The Morgan fingerprint density at radius 1 is 1.35 bits per heavy atom. The molecule has 0 bridgehead atoms. The Hall–Kier alpha value is -1.71. The van der Waals surface area contributed by atoms with E-state index >= 15 is 0 Å². The SMILES string of the molecule is COc1ccc(OC)c([C@@H]2C[C@@H]2NC(C)=O)c1. The molecule has 4 heteroatoms. The summed E-state index contributed by atoms with van der Waals surface area (Å²) in [6, 6.07) is 5.98. The van der Waals surface area contributed by atoms with Crippen molar-refractivity contribution in [3.8, 4) is 11.5 Å². The van der Waals surface area contributed by atoms with Gasteiger partial charge in [-0.05, 0) is 24.6 Å². The number of benzene rings is 1. The summed E-state index contributed by atoms with van der Waals surface area (Å²) in [6.45, 7) is 1.54. The number of amides is 1. The van der Waals surface area contributed by atoms with Gasteiger partial charge in [-0.2, -0.15) is 0 Å². The first-order valence-electron chi connectivity index (χ1n) is 5.64. The first kappa shape index (κ1) is 11.8. The molecule has 0 spiro atoms. The Morgan fingerprint density at radius 3 is 2.71 bits per heavy atom. The van der Waals surface area contributed by atoms with E-state index in [0.29, 0.717) is 5.92 Å². The number of hydrogen-bond acceptors (Lipinski definition) is 3. The second kappa shape index (κ2) is 4.65. The number of hydrogen-bond donors (Lipinski definition) is 1. The fourth-order valence-electron chi connectivity index (χ4n) is 2.09. The molecule has 1 aromatic carbocycles. The zero-order chi connectivity index (χ0) is 12.4. The summed E-state index contributed by atoms with van der Waals surface area (Å²) in [5.74, 6) is 2.02. The maximum absolute atomic E-state index is 11.0. The molecule has 0 aromatic heterocycles. The smallest absolute Gasteiger partial charge is 0.217 e. The van der Waals surface area contributed by atoms with Crippen LogP contribution in [0, 0.1) is 0 Å². The van der Waals surface area contributed by atoms with Crippen LogP contribution in [0.25, 0.3) is 0 Å². The molecule has 2 atom stereocenters. The average Bonchev–Trinajstić information content (AvgIpc) is 3.06. The summed E-state index contributed by atoms with van der Waals surface area (Å²) in [5.41, 5.74) is 1.10. The number of carbonyl (C=O) groups is 1. The highest BCUT2D eigenvalue weighted by atomic mass is 16.5. The molecule has 0 aliphatic heterocycles. The number of methoxy groups -OCH3 is 2. The summed E-state index contributed by atoms with van der Waals surface area (Å²) in [7, 11) is 3.30. The Labute approximate surface area is 101 Å². The minimum atomic E-state index is 0.0133. The summed E-state index contributed by atoms with van der Waals surface area (Å²) in [5, 5.41) is 2.92. The topological polar surface area (TPSA) is 47.6 Å². The molecular weight excluding hydrogens is 218 g/mol. The van der Waals surface area contributed by atoms with E-state index in [0.717, 1.165) is 23.5 Å². The maximum atomic E-state index is 11.0. The van der Waals surface area contributed by atoms with Crippen LogP contribution in [0.2, 0.25) is 0 Å². The Morgan fingerprint density at radius 2 is 2.12 bits per heavy atom. The molecule has 1 saturated carbocycles. The van der Waals surface area contributed by atoms with E-state index in [1.807, 2.05) is 18.2 Å². The monoisotopic (exact) mass is 235 g/mol. The quantitative estimate of drug-likeness (QED) is 0.864. The molecule has 2 rings (SSSR count). The first-order valence-corrected chi connectivity index (χ1v) is 5.64. The van der Waals surface area contributed by atoms with Crippen LogP contribution in [0.15, 0.2) is 18.2 Å². The largest absolute Gasteiger partial charge is 0.497 e. The molecule has 0 heterocycles. The summed E-state index contributed by atoms with van der Waals surface area (Å²) in [6.07, 6.45) is 0.961. The standard InChI is InChI=1S/C13H17NO3/c1-8(15)14-12-7-10(12)11-6-9(16-2)4-5-13(11)17-3/h4-6,10,12H,7H2,1-3H3,(H,14,15)/t10-,12-/m0/s1. The van der Waals surface area contributed by atoms with Gasteiger partial charge in [0.05, 0.1) is 14.2 Å². The molecule has 1 aliphatic rings. The van der Waals surface area contributed by atoms with E-state index in [1.54, 1.807) is 14.2 Å². The minimum Gasteiger partial charge on any atom is -0.497 e. The van der Waals surface area contributed by atoms with Gasteiger partial charge in [0, 0.05) is 24.4 Å². The first-order chi connectivity index (χ1) is 8.15. The van der Waals surface area contributed by atoms with E-state index in [-0.39, 0.29) is 11.9 Å². The highest BCUT2D eigenvalue weighted by molar-refractivity contribution is 5.74. The molecule has 1 fully saturated rings. The lowest BCUT2D eigenvalue weighted by Crippen LogP contribution is -2.23. The lowest BCUT2D eigenvalue weighted by Gasteiger charge is -2.10. The third-order valence-electron chi connectivity index (χ3n) is 3.02. The van der Waals surface area contributed by atoms with Crippen molar-refractivity contribution in [3.63, 3.8) is 0 Å². The summed E-state index contributed by atoms with van der Waals surface area (Å²) >= 11 is 0. The number of carbonyl (C=O) groups excluding carboxylic acids is 1. The van der Waals surface area contributed by atoms with Gasteiger partial charge in [0.2, 0.25) is 5.91 Å². The van der Waals surface area contributed by atoms with Gasteiger partial charge in [0.25, 0.3) is 0 Å². The molecule has 1 amide bonds. The predicted octanol–water partition coefficient (Wildman–Crippen LogP) is 1.70. The zero-order valence-electron chi connectivity index (χ0n) is 10.3. The van der Waals surface area contributed by atoms with Gasteiger partial charge in [-0.25, -0.2) is 0 Å². The number of ether oxygens (including phenoxy) is 2. The molecule has 4 nitrogen and oxygen atoms in total. The second-order valence-electron chi connectivity index (χ2n) is 4.26. The van der Waals surface area contributed by atoms with Crippen LogP contribution >= 0.6 is 0 Å². The van der Waals surface area contributed by atoms with Gasteiger partial charge in [0.15, 0.2) is 0 Å². The molecule has 0 unspecified atom stereocenters. The third-order valence-corrected chi connectivity index (χ3v) is 3.02. The number of nitrogens with one attached hydrogen (secondary N) is 1. The van der Waals surface area contributed by atoms with E-state index in [9.17, 15) is 4.79 Å². The van der Waals surface area contributed by atoms with E-state index in [1.165, 1.54) is 6.92 Å². The maximum Gasteiger partial charge on any atom is 0.217 e. The van der Waals surface area contributed by atoms with Crippen molar-refractivity contribution < 1.29 is 14.3 Å². The highest BCUT2D eigenvalue weighted by Gasteiger charge is 2.40. The van der Waals surface area contributed by atoms with E-state index in [2.05, 4.69) is 5.32 Å². The fraction of sp³-hybridized carbons (Fsp3) is 0.462. The van der Waals surface area contributed by atoms with Gasteiger partial charge in [0.1, 0.15) is 11.5 Å². The molecule has 17 heavy (non-hydrogen) atoms. The molecule has 1 aromatic rings. The predicted molar refractivity (Wildman–Crippen MR) is 64.5 cm³/mol. The van der Waals surface area contributed by atoms with Crippen molar-refractivity contribution >= 4 is 5.91 Å². The lowest BCUT2D eigenvalue weighted by molar-refractivity contribution is -0.119. The van der Waals surface area contributed by atoms with Crippen molar-refractivity contribution in [2.45, 2.75) is 25.3 Å². The number of rotatable bonds is 4. The van der Waals surface area contributed by atoms with Crippen molar-refractivity contribution in [3.05, 3.63) is 23.8 Å². The Balaban J connectivity index is 2.17. The van der Waals surface area contributed by atoms with Gasteiger partial charge in [-0.3, -0.25) is 4.79 Å². The van der Waals surface area contributed by atoms with Gasteiger partial charge >= 0.3 is 0 Å². The Bertz CT molecular complexity index is 431. The molecule has 1 N–H and O–H groups in total. The van der Waals surface area contributed by atoms with Crippen LogP contribution < -0.4 is 14.8 Å². The van der Waals surface area contributed by atoms with Gasteiger partial charge in [-0.15, -0.1) is 0 Å². The molecule has 92 valence electrons. The highest BCUT2D eigenvalue weighted by Crippen LogP contribution is 2.45. The molecule has 0 radical (unpaired) electrons. The zero-order valence-corrected chi connectivity index (χ0v) is 10.3. The lowest BCUT2D eigenvalue weighted by atomic mass is 10.1. The van der Waals surface area contributed by atoms with Crippen LogP contribution in [-0.4, -0.2) is 26.2 Å². The third kappa shape index (κ3) is 2.52. The average molecular weight is 235 g/mol. The van der Waals surface area contributed by atoms with Crippen LogP contribution in [-0.2, 0) is 4.79 Å². The van der Waals surface area contributed by atoms with Gasteiger partial charge < -0.3 is 14.8 Å². The summed E-state index contributed by atoms with van der Waals surface area (Å²) in [4.78, 5) is 11.0. The van der Waals surface area contributed by atoms with Crippen molar-refractivity contribution in [1.82, 2.24) is 5.32 Å². The fourth-order valence-corrected chi connectivity index (χ4v) is 2.09. The van der Waals surface area contributed by atoms with Crippen LogP contribution in [0.5, 0.6) is 11.5 Å². The minimum absolute atomic E-state index is 0.0133. The Kier molecular flexibility index (Phi) is 3.22. The van der Waals surface area contributed by atoms with Crippen LogP contribution in [0.1, 0.15) is 24.8 Å². The van der Waals surface area contributed by atoms with E-state index in [4.69, 9.17) is 9.47 Å². The van der Waals surface area contributed by atoms with Crippen molar-refractivity contribution in [2.75, 3.05) is 14.2 Å². The second-order valence-corrected chi connectivity index (χ2v) is 4.26.